The van der Waals surface area contributed by atoms with Crippen LogP contribution in [0.3, 0.4) is 0 Å². The molecule has 0 spiro atoms. The Hall–Kier alpha value is -0.740. The minimum Gasteiger partial charge on any atom is -0.367 e. The lowest BCUT2D eigenvalue weighted by atomic mass is 10.1. The molecular formula is C12H17NO2S. The Morgan fingerprint density at radius 3 is 2.75 bits per heavy atom. The summed E-state index contributed by atoms with van der Waals surface area (Å²) in [5.41, 5.74) is 1.04. The molecule has 3 nitrogen and oxygen atoms in total. The van der Waals surface area contributed by atoms with Crippen LogP contribution >= 0.6 is 11.3 Å². The SMILES string of the molecule is Cc1nc(CC(=O)C2CCC(C)O2)sc1C. The third kappa shape index (κ3) is 2.50. The molecule has 1 aromatic rings. The summed E-state index contributed by atoms with van der Waals surface area (Å²) in [5.74, 6) is 0.179. The maximum Gasteiger partial charge on any atom is 0.168 e. The number of ether oxygens (including phenoxy) is 1. The minimum atomic E-state index is -0.195. The molecule has 0 aliphatic carbocycles. The number of rotatable bonds is 3. The number of nitrogens with zero attached hydrogens (tertiary/aromatic N) is 1. The summed E-state index contributed by atoms with van der Waals surface area (Å²) in [6.45, 7) is 6.04. The molecule has 1 aromatic heterocycles. The van der Waals surface area contributed by atoms with Crippen LogP contribution in [0.1, 0.15) is 35.3 Å². The zero-order valence-corrected chi connectivity index (χ0v) is 10.8. The van der Waals surface area contributed by atoms with Gasteiger partial charge in [-0.25, -0.2) is 4.98 Å². The summed E-state index contributed by atoms with van der Waals surface area (Å²) in [6.07, 6.45) is 2.32. The first-order chi connectivity index (χ1) is 7.56. The fraction of sp³-hybridized carbons (Fsp3) is 0.667. The molecule has 0 N–H and O–H groups in total. The van der Waals surface area contributed by atoms with Crippen LogP contribution in [0, 0.1) is 13.8 Å². The summed E-state index contributed by atoms with van der Waals surface area (Å²) in [7, 11) is 0. The standard InChI is InChI=1S/C12H17NO2S/c1-7-4-5-11(15-7)10(14)6-12-13-8(2)9(3)16-12/h7,11H,4-6H2,1-3H3. The zero-order chi connectivity index (χ0) is 11.7. The Kier molecular flexibility index (Phi) is 3.40. The molecule has 0 saturated carbocycles. The second-order valence-corrected chi connectivity index (χ2v) is 5.69. The molecule has 2 heterocycles. The molecule has 1 aliphatic rings. The van der Waals surface area contributed by atoms with Crippen LogP contribution in [0.25, 0.3) is 0 Å². The van der Waals surface area contributed by atoms with E-state index in [9.17, 15) is 4.79 Å². The first kappa shape index (κ1) is 11.7. The molecule has 2 unspecified atom stereocenters. The zero-order valence-electron chi connectivity index (χ0n) is 9.95. The molecule has 0 amide bonds. The van der Waals surface area contributed by atoms with Crippen molar-refractivity contribution in [2.75, 3.05) is 0 Å². The average Bonchev–Trinajstić information content (AvgIpc) is 2.75. The Labute approximate surface area is 99.8 Å². The summed E-state index contributed by atoms with van der Waals surface area (Å²) in [5, 5.41) is 0.920. The predicted octanol–water partition coefficient (Wildman–Crippen LogP) is 2.44. The predicted molar refractivity (Wildman–Crippen MR) is 63.9 cm³/mol. The van der Waals surface area contributed by atoms with E-state index in [0.29, 0.717) is 6.42 Å². The van der Waals surface area contributed by atoms with Crippen LogP contribution in [0.15, 0.2) is 0 Å². The van der Waals surface area contributed by atoms with Gasteiger partial charge < -0.3 is 4.74 Å². The molecular weight excluding hydrogens is 222 g/mol. The van der Waals surface area contributed by atoms with E-state index in [1.165, 1.54) is 4.88 Å². The van der Waals surface area contributed by atoms with Crippen molar-refractivity contribution in [3.8, 4) is 0 Å². The van der Waals surface area contributed by atoms with Gasteiger partial charge in [0.05, 0.1) is 18.2 Å². The number of aromatic nitrogens is 1. The maximum absolute atomic E-state index is 11.9. The summed E-state index contributed by atoms with van der Waals surface area (Å²) >= 11 is 1.61. The van der Waals surface area contributed by atoms with E-state index >= 15 is 0 Å². The third-order valence-electron chi connectivity index (χ3n) is 2.99. The molecule has 2 atom stereocenters. The van der Waals surface area contributed by atoms with Crippen molar-refractivity contribution in [2.45, 2.75) is 52.2 Å². The summed E-state index contributed by atoms with van der Waals surface area (Å²) < 4.78 is 5.56. The van der Waals surface area contributed by atoms with E-state index in [0.717, 1.165) is 23.5 Å². The van der Waals surface area contributed by atoms with E-state index in [4.69, 9.17) is 4.74 Å². The number of aryl methyl sites for hydroxylation is 2. The fourth-order valence-electron chi connectivity index (χ4n) is 1.92. The highest BCUT2D eigenvalue weighted by Crippen LogP contribution is 2.23. The quantitative estimate of drug-likeness (QED) is 0.813. The molecule has 1 fully saturated rings. The average molecular weight is 239 g/mol. The van der Waals surface area contributed by atoms with Gasteiger partial charge in [-0.1, -0.05) is 0 Å². The van der Waals surface area contributed by atoms with E-state index in [1.807, 2.05) is 20.8 Å². The maximum atomic E-state index is 11.9. The van der Waals surface area contributed by atoms with Crippen molar-refractivity contribution in [2.24, 2.45) is 0 Å². The lowest BCUT2D eigenvalue weighted by Gasteiger charge is -2.08. The van der Waals surface area contributed by atoms with Crippen molar-refractivity contribution < 1.29 is 9.53 Å². The number of ketones is 1. The van der Waals surface area contributed by atoms with Crippen LogP contribution in [0.2, 0.25) is 0 Å². The molecule has 0 aromatic carbocycles. The van der Waals surface area contributed by atoms with Gasteiger partial charge in [0.25, 0.3) is 0 Å². The Morgan fingerprint density at radius 2 is 2.25 bits per heavy atom. The first-order valence-corrected chi connectivity index (χ1v) is 6.49. The van der Waals surface area contributed by atoms with Gasteiger partial charge in [0, 0.05) is 4.88 Å². The molecule has 88 valence electrons. The van der Waals surface area contributed by atoms with Crippen LogP contribution in [-0.4, -0.2) is 23.0 Å². The monoisotopic (exact) mass is 239 g/mol. The van der Waals surface area contributed by atoms with Gasteiger partial charge in [-0.05, 0) is 33.6 Å². The number of hydrogen-bond donors (Lipinski definition) is 0. The normalized spacial score (nSPS) is 24.9. The highest BCUT2D eigenvalue weighted by molar-refractivity contribution is 7.11. The van der Waals surface area contributed by atoms with E-state index in [2.05, 4.69) is 4.98 Å². The highest BCUT2D eigenvalue weighted by Gasteiger charge is 2.28. The number of thiazole rings is 1. The van der Waals surface area contributed by atoms with Gasteiger partial charge in [0.15, 0.2) is 5.78 Å². The minimum absolute atomic E-state index is 0.179. The van der Waals surface area contributed by atoms with E-state index in [1.54, 1.807) is 11.3 Å². The fourth-order valence-corrected chi connectivity index (χ4v) is 2.86. The second-order valence-electron chi connectivity index (χ2n) is 4.40. The van der Waals surface area contributed by atoms with Gasteiger partial charge in [-0.2, -0.15) is 0 Å². The molecule has 16 heavy (non-hydrogen) atoms. The summed E-state index contributed by atoms with van der Waals surface area (Å²) in [6, 6.07) is 0. The van der Waals surface area contributed by atoms with Crippen molar-refractivity contribution in [3.05, 3.63) is 15.6 Å². The van der Waals surface area contributed by atoms with Gasteiger partial charge in [-0.15, -0.1) is 11.3 Å². The van der Waals surface area contributed by atoms with Crippen molar-refractivity contribution in [1.82, 2.24) is 4.98 Å². The smallest absolute Gasteiger partial charge is 0.168 e. The Balaban J connectivity index is 1.97. The number of carbonyl (C=O) groups excluding carboxylic acids is 1. The number of hydrogen-bond acceptors (Lipinski definition) is 4. The van der Waals surface area contributed by atoms with E-state index < -0.39 is 0 Å². The lowest BCUT2D eigenvalue weighted by molar-refractivity contribution is -0.128. The summed E-state index contributed by atoms with van der Waals surface area (Å²) in [4.78, 5) is 17.5. The molecule has 4 heteroatoms. The van der Waals surface area contributed by atoms with Crippen molar-refractivity contribution in [3.63, 3.8) is 0 Å². The van der Waals surface area contributed by atoms with Gasteiger partial charge in [-0.3, -0.25) is 4.79 Å². The topological polar surface area (TPSA) is 39.2 Å². The van der Waals surface area contributed by atoms with Gasteiger partial charge in [0.1, 0.15) is 11.1 Å². The molecule has 0 radical (unpaired) electrons. The van der Waals surface area contributed by atoms with Crippen LogP contribution < -0.4 is 0 Å². The van der Waals surface area contributed by atoms with Crippen LogP contribution in [-0.2, 0) is 16.0 Å². The first-order valence-electron chi connectivity index (χ1n) is 5.67. The number of carbonyl (C=O) groups is 1. The Bertz CT molecular complexity index is 380. The second kappa shape index (κ2) is 4.63. The molecule has 0 bridgehead atoms. The third-order valence-corrected chi connectivity index (χ3v) is 4.06. The van der Waals surface area contributed by atoms with Crippen LogP contribution in [0.5, 0.6) is 0 Å². The van der Waals surface area contributed by atoms with Crippen LogP contribution in [0.4, 0.5) is 0 Å². The van der Waals surface area contributed by atoms with Gasteiger partial charge >= 0.3 is 0 Å². The Morgan fingerprint density at radius 1 is 1.50 bits per heavy atom. The highest BCUT2D eigenvalue weighted by atomic mass is 32.1. The van der Waals surface area contributed by atoms with Gasteiger partial charge in [0.2, 0.25) is 0 Å². The number of Topliss-reactive ketones (excluding diaryl/α,β-unsaturated/α-hetero) is 1. The largest absolute Gasteiger partial charge is 0.367 e. The molecule has 2 rings (SSSR count). The van der Waals surface area contributed by atoms with Crippen molar-refractivity contribution in [1.29, 1.82) is 0 Å². The molecule has 1 aliphatic heterocycles. The lowest BCUT2D eigenvalue weighted by Crippen LogP contribution is -2.22. The van der Waals surface area contributed by atoms with Crippen molar-refractivity contribution >= 4 is 17.1 Å². The molecule has 1 saturated heterocycles. The van der Waals surface area contributed by atoms with E-state index in [-0.39, 0.29) is 18.0 Å².